The number of halogens is 1. The van der Waals surface area contributed by atoms with E-state index < -0.39 is 63.1 Å². The number of nitrogens with zero attached hydrogens (tertiary/aromatic N) is 1. The molecule has 2 aliphatic rings. The largest absolute Gasteiger partial charge is 0.483 e. The Morgan fingerprint density at radius 3 is 2.41 bits per heavy atom. The van der Waals surface area contributed by atoms with Crippen LogP contribution in [-0.2, 0) is 35.9 Å². The molecule has 0 bridgehead atoms. The van der Waals surface area contributed by atoms with Gasteiger partial charge in [-0.15, -0.1) is 3.89 Å². The number of hydrogen-bond acceptors (Lipinski definition) is 9. The second-order valence-corrected chi connectivity index (χ2v) is 11.4. The molecular formula is C24H31FN4O9S. The molecule has 1 atom stereocenters. The second-order valence-electron chi connectivity index (χ2n) is 10.1. The van der Waals surface area contributed by atoms with Gasteiger partial charge in [0.25, 0.3) is 11.8 Å². The van der Waals surface area contributed by atoms with Crippen LogP contribution in [0.2, 0.25) is 0 Å². The number of hydrogen-bond donors (Lipinski definition) is 3. The van der Waals surface area contributed by atoms with Crippen molar-refractivity contribution in [1.29, 1.82) is 0 Å². The van der Waals surface area contributed by atoms with Crippen LogP contribution < -0.4 is 20.7 Å². The molecule has 3 rings (SSSR count). The minimum Gasteiger partial charge on any atom is -0.483 e. The Morgan fingerprint density at radius 1 is 1.13 bits per heavy atom. The molecule has 0 radical (unpaired) electrons. The van der Waals surface area contributed by atoms with Gasteiger partial charge in [-0.25, -0.2) is 4.79 Å². The number of fused-ring (bicyclic) bond motifs is 1. The third-order valence-electron chi connectivity index (χ3n) is 5.82. The number of carbonyl (C=O) groups excluding carboxylic acids is 5. The first-order chi connectivity index (χ1) is 18.2. The summed E-state index contributed by atoms with van der Waals surface area (Å²) in [7, 11) is -5.22. The quantitative estimate of drug-likeness (QED) is 0.210. The van der Waals surface area contributed by atoms with Crippen molar-refractivity contribution < 1.29 is 45.7 Å². The monoisotopic (exact) mass is 570 g/mol. The maximum absolute atomic E-state index is 13.8. The summed E-state index contributed by atoms with van der Waals surface area (Å²) < 4.78 is 47.6. The van der Waals surface area contributed by atoms with E-state index in [4.69, 9.17) is 9.47 Å². The van der Waals surface area contributed by atoms with Gasteiger partial charge in [0.1, 0.15) is 22.3 Å². The summed E-state index contributed by atoms with van der Waals surface area (Å²) in [5.41, 5.74) is -0.591. The third-order valence-corrected chi connectivity index (χ3v) is 6.62. The van der Waals surface area contributed by atoms with Gasteiger partial charge in [0, 0.05) is 36.7 Å². The van der Waals surface area contributed by atoms with Crippen molar-refractivity contribution in [2.24, 2.45) is 0 Å². The molecule has 5 amide bonds. The molecule has 39 heavy (non-hydrogen) atoms. The lowest BCUT2D eigenvalue weighted by atomic mass is 10.0. The van der Waals surface area contributed by atoms with Crippen LogP contribution in [0.1, 0.15) is 62.4 Å². The van der Waals surface area contributed by atoms with Crippen LogP contribution in [0.15, 0.2) is 17.0 Å². The van der Waals surface area contributed by atoms with E-state index in [1.807, 2.05) is 0 Å². The highest BCUT2D eigenvalue weighted by molar-refractivity contribution is 7.86. The van der Waals surface area contributed by atoms with Crippen molar-refractivity contribution in [3.63, 3.8) is 0 Å². The summed E-state index contributed by atoms with van der Waals surface area (Å²) in [6, 6.07) is 0.760. The van der Waals surface area contributed by atoms with Crippen LogP contribution in [0.3, 0.4) is 0 Å². The molecule has 214 valence electrons. The average molecular weight is 571 g/mol. The summed E-state index contributed by atoms with van der Waals surface area (Å²) in [5.74, 6) is -2.61. The van der Waals surface area contributed by atoms with Crippen molar-refractivity contribution in [3.8, 4) is 5.75 Å². The molecule has 13 nitrogen and oxygen atoms in total. The smallest absolute Gasteiger partial charge is 0.407 e. The van der Waals surface area contributed by atoms with Gasteiger partial charge in [0.05, 0.1) is 6.54 Å². The normalized spacial score (nSPS) is 17.4. The fraction of sp³-hybridized carbons (Fsp3) is 0.542. The molecule has 1 saturated heterocycles. The predicted molar refractivity (Wildman–Crippen MR) is 133 cm³/mol. The van der Waals surface area contributed by atoms with E-state index in [0.717, 1.165) is 17.0 Å². The maximum atomic E-state index is 13.8. The first-order valence-corrected chi connectivity index (χ1v) is 13.7. The molecule has 1 aromatic rings. The summed E-state index contributed by atoms with van der Waals surface area (Å²) in [6.07, 6.45) is 0.635. The highest BCUT2D eigenvalue weighted by Gasteiger charge is 2.41. The van der Waals surface area contributed by atoms with Gasteiger partial charge >= 0.3 is 16.3 Å². The summed E-state index contributed by atoms with van der Waals surface area (Å²) in [6.45, 7) is 5.14. The van der Waals surface area contributed by atoms with Crippen LogP contribution in [0, 0.1) is 0 Å². The van der Waals surface area contributed by atoms with E-state index in [0.29, 0.717) is 19.4 Å². The standard InChI is InChI=1S/C24H31FN4O9S/c1-24(2,3)38-23(34)27-9-5-4-8-26-20(31)13-37-18-11-14(39(25,35)36)10-15-16(18)12-29(22(15)33)17-6-7-19(30)28-21(17)32/h10-11,17H,4-9,12-13H2,1-3H3,(H,26,31)(H,27,34)(H,28,30,32). The second kappa shape index (κ2) is 12.0. The molecule has 0 aliphatic carbocycles. The Balaban J connectivity index is 1.58. The van der Waals surface area contributed by atoms with Gasteiger partial charge in [0.15, 0.2) is 6.61 Å². The number of imide groups is 1. The van der Waals surface area contributed by atoms with Crippen LogP contribution >= 0.6 is 0 Å². The molecule has 15 heteroatoms. The zero-order valence-electron chi connectivity index (χ0n) is 21.8. The van der Waals surface area contributed by atoms with Gasteiger partial charge in [-0.3, -0.25) is 24.5 Å². The lowest BCUT2D eigenvalue weighted by Gasteiger charge is -2.29. The Labute approximate surface area is 225 Å². The van der Waals surface area contributed by atoms with E-state index in [1.54, 1.807) is 20.8 Å². The SMILES string of the molecule is CC(C)(C)OC(=O)NCCCCNC(=O)COc1cc(S(=O)(=O)F)cc2c1CN(C1CCC(=O)NC1=O)C2=O. The maximum Gasteiger partial charge on any atom is 0.407 e. The zero-order chi connectivity index (χ0) is 29.0. The number of benzene rings is 1. The molecule has 3 N–H and O–H groups in total. The summed E-state index contributed by atoms with van der Waals surface area (Å²) in [5, 5.41) is 7.36. The number of alkyl carbamates (subject to hydrolysis) is 1. The van der Waals surface area contributed by atoms with Crippen molar-refractivity contribution in [2.45, 2.75) is 69.5 Å². The molecule has 2 aliphatic heterocycles. The van der Waals surface area contributed by atoms with E-state index in [2.05, 4.69) is 16.0 Å². The van der Waals surface area contributed by atoms with Crippen LogP contribution in [0.5, 0.6) is 5.75 Å². The molecular weight excluding hydrogens is 539 g/mol. The van der Waals surface area contributed by atoms with Gasteiger partial charge in [0.2, 0.25) is 11.8 Å². The topological polar surface area (TPSA) is 177 Å². The first-order valence-electron chi connectivity index (χ1n) is 12.3. The highest BCUT2D eigenvalue weighted by Crippen LogP contribution is 2.36. The predicted octanol–water partition coefficient (Wildman–Crippen LogP) is 0.906. The third kappa shape index (κ3) is 8.12. The minimum atomic E-state index is -5.22. The fourth-order valence-electron chi connectivity index (χ4n) is 4.05. The Bertz CT molecular complexity index is 1280. The Morgan fingerprint density at radius 2 is 1.79 bits per heavy atom. The molecule has 1 unspecified atom stereocenters. The number of piperidine rings is 1. The lowest BCUT2D eigenvalue weighted by Crippen LogP contribution is -2.52. The number of nitrogens with one attached hydrogen (secondary N) is 3. The van der Waals surface area contributed by atoms with E-state index in [-0.39, 0.29) is 42.8 Å². The first kappa shape index (κ1) is 29.8. The number of unbranched alkanes of at least 4 members (excludes halogenated alkanes) is 1. The zero-order valence-corrected chi connectivity index (χ0v) is 22.6. The fourth-order valence-corrected chi connectivity index (χ4v) is 4.55. The number of rotatable bonds is 10. The number of amides is 5. The van der Waals surface area contributed by atoms with Crippen molar-refractivity contribution in [2.75, 3.05) is 19.7 Å². The summed E-state index contributed by atoms with van der Waals surface area (Å²) >= 11 is 0. The van der Waals surface area contributed by atoms with Crippen molar-refractivity contribution >= 4 is 39.9 Å². The van der Waals surface area contributed by atoms with Crippen LogP contribution in [0.4, 0.5) is 8.68 Å². The van der Waals surface area contributed by atoms with Crippen molar-refractivity contribution in [3.05, 3.63) is 23.3 Å². The van der Waals surface area contributed by atoms with Gasteiger partial charge in [-0.1, -0.05) is 0 Å². The van der Waals surface area contributed by atoms with Crippen LogP contribution in [-0.4, -0.2) is 74.4 Å². The number of ether oxygens (including phenoxy) is 2. The minimum absolute atomic E-state index is 0.0151. The van der Waals surface area contributed by atoms with E-state index >= 15 is 0 Å². The van der Waals surface area contributed by atoms with Gasteiger partial charge < -0.3 is 25.0 Å². The van der Waals surface area contributed by atoms with Gasteiger partial charge in [-0.05, 0) is 46.1 Å². The van der Waals surface area contributed by atoms with E-state index in [9.17, 15) is 36.3 Å². The molecule has 0 aromatic heterocycles. The molecule has 0 spiro atoms. The Kier molecular flexibility index (Phi) is 9.14. The highest BCUT2D eigenvalue weighted by atomic mass is 32.3. The van der Waals surface area contributed by atoms with E-state index in [1.165, 1.54) is 0 Å². The van der Waals surface area contributed by atoms with Crippen LogP contribution in [0.25, 0.3) is 0 Å². The summed E-state index contributed by atoms with van der Waals surface area (Å²) in [4.78, 5) is 60.9. The number of carbonyl (C=O) groups is 5. The van der Waals surface area contributed by atoms with Crippen molar-refractivity contribution in [1.82, 2.24) is 20.9 Å². The molecule has 1 aromatic carbocycles. The molecule has 1 fully saturated rings. The Hall–Kier alpha value is -3.75. The molecule has 2 heterocycles. The molecule has 0 saturated carbocycles. The lowest BCUT2D eigenvalue weighted by molar-refractivity contribution is -0.137. The van der Waals surface area contributed by atoms with Gasteiger partial charge in [-0.2, -0.15) is 8.42 Å². The average Bonchev–Trinajstić information content (AvgIpc) is 3.14.